The second kappa shape index (κ2) is 8.00. The minimum absolute atomic E-state index is 0.150. The Morgan fingerprint density at radius 2 is 1.74 bits per heavy atom. The van der Waals surface area contributed by atoms with E-state index in [9.17, 15) is 9.18 Å². The van der Waals surface area contributed by atoms with Gasteiger partial charge < -0.3 is 9.80 Å². The van der Waals surface area contributed by atoms with Crippen LogP contribution in [0.3, 0.4) is 0 Å². The van der Waals surface area contributed by atoms with Crippen molar-refractivity contribution in [1.82, 2.24) is 19.8 Å². The summed E-state index contributed by atoms with van der Waals surface area (Å²) in [4.78, 5) is 27.9. The molecule has 7 heteroatoms. The van der Waals surface area contributed by atoms with E-state index in [2.05, 4.69) is 14.8 Å². The normalized spacial score (nSPS) is 18.1. The molecule has 0 saturated carbocycles. The quantitative estimate of drug-likeness (QED) is 0.827. The van der Waals surface area contributed by atoms with Crippen molar-refractivity contribution in [2.24, 2.45) is 0 Å². The molecule has 0 bridgehead atoms. The molecule has 4 rings (SSSR count). The van der Waals surface area contributed by atoms with Gasteiger partial charge in [-0.3, -0.25) is 9.69 Å². The molecule has 1 aromatic carbocycles. The van der Waals surface area contributed by atoms with E-state index in [1.54, 1.807) is 23.1 Å². The first-order valence-electron chi connectivity index (χ1n) is 9.54. The summed E-state index contributed by atoms with van der Waals surface area (Å²) in [6, 6.07) is 8.12. The first kappa shape index (κ1) is 17.9. The highest BCUT2D eigenvalue weighted by molar-refractivity contribution is 5.94. The van der Waals surface area contributed by atoms with Crippen molar-refractivity contribution in [2.45, 2.75) is 19.4 Å². The van der Waals surface area contributed by atoms with E-state index in [1.165, 1.54) is 18.9 Å². The lowest BCUT2D eigenvalue weighted by Gasteiger charge is -2.34. The number of carbonyl (C=O) groups is 1. The van der Waals surface area contributed by atoms with E-state index >= 15 is 0 Å². The van der Waals surface area contributed by atoms with Gasteiger partial charge in [0.25, 0.3) is 5.91 Å². The van der Waals surface area contributed by atoms with E-state index in [1.807, 2.05) is 12.3 Å². The van der Waals surface area contributed by atoms with Gasteiger partial charge in [0.2, 0.25) is 5.95 Å². The standard InChI is InChI=1S/C20H24FN5O/c21-18-6-2-1-5-17(18)19(27)25-13-11-24(12-14-25)15-16-7-8-22-20(23-16)26-9-3-4-10-26/h1-2,5-8H,3-4,9-15H2. The Morgan fingerprint density at radius 3 is 2.48 bits per heavy atom. The molecule has 0 unspecified atom stereocenters. The number of amides is 1. The third kappa shape index (κ3) is 4.08. The van der Waals surface area contributed by atoms with Crippen molar-refractivity contribution < 1.29 is 9.18 Å². The van der Waals surface area contributed by atoms with Crippen LogP contribution in [0.15, 0.2) is 36.5 Å². The molecule has 0 N–H and O–H groups in total. The van der Waals surface area contributed by atoms with Crippen LogP contribution < -0.4 is 4.90 Å². The summed E-state index contributed by atoms with van der Waals surface area (Å²) in [6.07, 6.45) is 4.23. The van der Waals surface area contributed by atoms with Gasteiger partial charge in [0.1, 0.15) is 5.82 Å². The highest BCUT2D eigenvalue weighted by atomic mass is 19.1. The average Bonchev–Trinajstić information content (AvgIpc) is 3.24. The Hall–Kier alpha value is -2.54. The third-order valence-electron chi connectivity index (χ3n) is 5.24. The van der Waals surface area contributed by atoms with Crippen LogP contribution in [0.1, 0.15) is 28.9 Å². The van der Waals surface area contributed by atoms with Crippen molar-refractivity contribution in [3.05, 3.63) is 53.6 Å². The maximum atomic E-state index is 13.8. The molecule has 1 aromatic heterocycles. The molecule has 6 nitrogen and oxygen atoms in total. The average molecular weight is 369 g/mol. The van der Waals surface area contributed by atoms with Crippen LogP contribution in [0.25, 0.3) is 0 Å². The van der Waals surface area contributed by atoms with Crippen LogP contribution in [-0.4, -0.2) is 64.9 Å². The van der Waals surface area contributed by atoms with Gasteiger partial charge in [-0.15, -0.1) is 0 Å². The first-order valence-corrected chi connectivity index (χ1v) is 9.54. The SMILES string of the molecule is O=C(c1ccccc1F)N1CCN(Cc2ccnc(N3CCCC3)n2)CC1. The Morgan fingerprint density at radius 1 is 1.00 bits per heavy atom. The zero-order chi connectivity index (χ0) is 18.6. The lowest BCUT2D eigenvalue weighted by molar-refractivity contribution is 0.0622. The first-order chi connectivity index (χ1) is 13.2. The van der Waals surface area contributed by atoms with Gasteiger partial charge in [-0.1, -0.05) is 12.1 Å². The highest BCUT2D eigenvalue weighted by Crippen LogP contribution is 2.17. The van der Waals surface area contributed by atoms with E-state index in [0.29, 0.717) is 13.1 Å². The summed E-state index contributed by atoms with van der Waals surface area (Å²) >= 11 is 0. The number of rotatable bonds is 4. The fraction of sp³-hybridized carbons (Fsp3) is 0.450. The number of nitrogens with zero attached hydrogens (tertiary/aromatic N) is 5. The fourth-order valence-corrected chi connectivity index (χ4v) is 3.69. The zero-order valence-electron chi connectivity index (χ0n) is 15.4. The van der Waals surface area contributed by atoms with E-state index in [0.717, 1.165) is 44.4 Å². The smallest absolute Gasteiger partial charge is 0.256 e. The summed E-state index contributed by atoms with van der Waals surface area (Å²) in [7, 11) is 0. The van der Waals surface area contributed by atoms with Gasteiger partial charge in [0.15, 0.2) is 0 Å². The number of halogens is 1. The Balaban J connectivity index is 1.34. The lowest BCUT2D eigenvalue weighted by atomic mass is 10.1. The van der Waals surface area contributed by atoms with Crippen molar-refractivity contribution >= 4 is 11.9 Å². The van der Waals surface area contributed by atoms with Crippen LogP contribution in [0.5, 0.6) is 0 Å². The Labute approximate surface area is 158 Å². The molecular formula is C20H24FN5O. The molecule has 3 heterocycles. The molecule has 0 atom stereocenters. The zero-order valence-corrected chi connectivity index (χ0v) is 15.4. The molecular weight excluding hydrogens is 345 g/mol. The predicted octanol–water partition coefficient (Wildman–Crippen LogP) is 2.17. The maximum Gasteiger partial charge on any atom is 0.256 e. The molecule has 0 radical (unpaired) electrons. The summed E-state index contributed by atoms with van der Waals surface area (Å²) in [5.41, 5.74) is 1.15. The minimum atomic E-state index is -0.458. The molecule has 1 amide bonds. The molecule has 27 heavy (non-hydrogen) atoms. The molecule has 0 spiro atoms. The number of hydrogen-bond acceptors (Lipinski definition) is 5. The molecule has 2 aliphatic rings. The lowest BCUT2D eigenvalue weighted by Crippen LogP contribution is -2.48. The maximum absolute atomic E-state index is 13.8. The third-order valence-corrected chi connectivity index (χ3v) is 5.24. The van der Waals surface area contributed by atoms with Gasteiger partial charge in [0, 0.05) is 52.0 Å². The number of carbonyl (C=O) groups excluding carboxylic acids is 1. The second-order valence-electron chi connectivity index (χ2n) is 7.09. The topological polar surface area (TPSA) is 52.6 Å². The number of hydrogen-bond donors (Lipinski definition) is 0. The summed E-state index contributed by atoms with van der Waals surface area (Å²) in [6.45, 7) is 5.49. The van der Waals surface area contributed by atoms with Gasteiger partial charge in [-0.25, -0.2) is 14.4 Å². The van der Waals surface area contributed by atoms with Crippen molar-refractivity contribution in [2.75, 3.05) is 44.2 Å². The fourth-order valence-electron chi connectivity index (χ4n) is 3.69. The van der Waals surface area contributed by atoms with E-state index < -0.39 is 5.82 Å². The number of anilines is 1. The summed E-state index contributed by atoms with van der Waals surface area (Å²) in [5, 5.41) is 0. The van der Waals surface area contributed by atoms with Crippen molar-refractivity contribution in [3.63, 3.8) is 0 Å². The molecule has 2 fully saturated rings. The summed E-state index contributed by atoms with van der Waals surface area (Å²) < 4.78 is 13.8. The molecule has 2 saturated heterocycles. The van der Waals surface area contributed by atoms with Crippen molar-refractivity contribution in [1.29, 1.82) is 0 Å². The van der Waals surface area contributed by atoms with Gasteiger partial charge in [-0.2, -0.15) is 0 Å². The van der Waals surface area contributed by atoms with Crippen molar-refractivity contribution in [3.8, 4) is 0 Å². The highest BCUT2D eigenvalue weighted by Gasteiger charge is 2.24. The van der Waals surface area contributed by atoms with Crippen LogP contribution in [0.2, 0.25) is 0 Å². The van der Waals surface area contributed by atoms with Gasteiger partial charge >= 0.3 is 0 Å². The molecule has 142 valence electrons. The largest absolute Gasteiger partial charge is 0.341 e. The predicted molar refractivity (Wildman–Crippen MR) is 101 cm³/mol. The van der Waals surface area contributed by atoms with Crippen LogP contribution in [-0.2, 0) is 6.54 Å². The summed E-state index contributed by atoms with van der Waals surface area (Å²) in [5.74, 6) is 0.129. The van der Waals surface area contributed by atoms with Crippen LogP contribution in [0.4, 0.5) is 10.3 Å². The minimum Gasteiger partial charge on any atom is -0.341 e. The Kier molecular flexibility index (Phi) is 5.29. The monoisotopic (exact) mass is 369 g/mol. The Bertz CT molecular complexity index is 800. The number of piperazine rings is 1. The molecule has 2 aromatic rings. The number of aromatic nitrogens is 2. The molecule has 0 aliphatic carbocycles. The van der Waals surface area contributed by atoms with Gasteiger partial charge in [-0.05, 0) is 31.0 Å². The van der Waals surface area contributed by atoms with Gasteiger partial charge in [0.05, 0.1) is 11.3 Å². The van der Waals surface area contributed by atoms with Crippen LogP contribution >= 0.6 is 0 Å². The second-order valence-corrected chi connectivity index (χ2v) is 7.09. The van der Waals surface area contributed by atoms with E-state index in [4.69, 9.17) is 4.98 Å². The van der Waals surface area contributed by atoms with Crippen LogP contribution in [0, 0.1) is 5.82 Å². The molecule has 2 aliphatic heterocycles. The van der Waals surface area contributed by atoms with E-state index in [-0.39, 0.29) is 11.5 Å². The number of benzene rings is 1.